The lowest BCUT2D eigenvalue weighted by atomic mass is 10.1. The highest BCUT2D eigenvalue weighted by Crippen LogP contribution is 2.16. The smallest absolute Gasteiger partial charge is 0.193 e. The molecule has 0 unspecified atom stereocenters. The van der Waals surface area contributed by atoms with E-state index in [0.29, 0.717) is 13.2 Å². The maximum atomic E-state index is 5.50. The first-order chi connectivity index (χ1) is 13.7. The quantitative estimate of drug-likeness (QED) is 0.291. The zero-order valence-corrected chi connectivity index (χ0v) is 19.3. The Kier molecular flexibility index (Phi) is 8.91. The number of rotatable bonds is 7. The van der Waals surface area contributed by atoms with Gasteiger partial charge in [0.25, 0.3) is 0 Å². The molecule has 0 saturated carbocycles. The number of hydrogen-bond donors (Lipinski definition) is 2. The first kappa shape index (κ1) is 22.7. The van der Waals surface area contributed by atoms with E-state index in [4.69, 9.17) is 4.74 Å². The molecule has 3 aromatic rings. The van der Waals surface area contributed by atoms with Crippen LogP contribution < -0.4 is 10.1 Å². The van der Waals surface area contributed by atoms with Crippen LogP contribution in [0, 0.1) is 0 Å². The number of aromatic nitrogens is 3. The van der Waals surface area contributed by atoms with Gasteiger partial charge in [0.05, 0.1) is 6.61 Å². The van der Waals surface area contributed by atoms with Gasteiger partial charge in [-0.15, -0.1) is 24.0 Å². The van der Waals surface area contributed by atoms with Crippen LogP contribution in [0.15, 0.2) is 59.9 Å². The van der Waals surface area contributed by atoms with Gasteiger partial charge in [-0.25, -0.2) is 4.98 Å². The fraction of sp³-hybridized carbons (Fsp3) is 0.286. The fourth-order valence-electron chi connectivity index (χ4n) is 2.95. The third-order valence-corrected chi connectivity index (χ3v) is 4.29. The highest BCUT2D eigenvalue weighted by Gasteiger charge is 2.08. The average Bonchev–Trinajstić information content (AvgIpc) is 3.25. The van der Waals surface area contributed by atoms with Crippen LogP contribution in [0.4, 0.5) is 0 Å². The molecule has 29 heavy (non-hydrogen) atoms. The Morgan fingerprint density at radius 1 is 1.17 bits per heavy atom. The summed E-state index contributed by atoms with van der Waals surface area (Å²) in [5.41, 5.74) is 3.35. The van der Waals surface area contributed by atoms with Crippen molar-refractivity contribution in [1.29, 1.82) is 0 Å². The molecule has 0 atom stereocenters. The van der Waals surface area contributed by atoms with Crippen molar-refractivity contribution in [2.24, 2.45) is 4.99 Å². The predicted octanol–water partition coefficient (Wildman–Crippen LogP) is 3.70. The van der Waals surface area contributed by atoms with E-state index >= 15 is 0 Å². The summed E-state index contributed by atoms with van der Waals surface area (Å²) in [5, 5.41) is 10.2. The summed E-state index contributed by atoms with van der Waals surface area (Å²) in [7, 11) is 3.82. The molecule has 1 heterocycles. The summed E-state index contributed by atoms with van der Waals surface area (Å²) in [4.78, 5) is 10.7. The van der Waals surface area contributed by atoms with Gasteiger partial charge in [0.2, 0.25) is 0 Å². The summed E-state index contributed by atoms with van der Waals surface area (Å²) < 4.78 is 5.50. The molecule has 0 radical (unpaired) electrons. The molecule has 2 aromatic carbocycles. The second-order valence-corrected chi connectivity index (χ2v) is 6.37. The Bertz CT molecular complexity index is 896. The molecular weight excluding hydrogens is 479 g/mol. The average molecular weight is 506 g/mol. The molecule has 154 valence electrons. The Morgan fingerprint density at radius 2 is 1.97 bits per heavy atom. The maximum Gasteiger partial charge on any atom is 0.193 e. The number of aliphatic imine (C=N–C) groups is 1. The minimum Gasteiger partial charge on any atom is -0.494 e. The van der Waals surface area contributed by atoms with Crippen LogP contribution in [0.1, 0.15) is 18.1 Å². The second kappa shape index (κ2) is 11.4. The van der Waals surface area contributed by atoms with Crippen LogP contribution in [0.25, 0.3) is 11.4 Å². The minimum atomic E-state index is 0. The van der Waals surface area contributed by atoms with Crippen molar-refractivity contribution in [1.82, 2.24) is 25.4 Å². The van der Waals surface area contributed by atoms with E-state index in [1.54, 1.807) is 7.05 Å². The van der Waals surface area contributed by atoms with Gasteiger partial charge in [-0.3, -0.25) is 10.1 Å². The lowest BCUT2D eigenvalue weighted by Crippen LogP contribution is -2.38. The maximum absolute atomic E-state index is 5.50. The van der Waals surface area contributed by atoms with Crippen LogP contribution in [0.3, 0.4) is 0 Å². The molecule has 0 aliphatic carbocycles. The van der Waals surface area contributed by atoms with E-state index in [1.807, 2.05) is 38.2 Å². The summed E-state index contributed by atoms with van der Waals surface area (Å²) >= 11 is 0. The standard InChI is InChI=1S/C21H26N6O.HI/c1-4-28-19-10-8-16(9-11-19)14-27(3)21(22-2)23-13-17-6-5-7-18(12-17)20-24-15-25-26-20;/h5-12,15H,4,13-14H2,1-3H3,(H,22,23)(H,24,25,26);1H. The van der Waals surface area contributed by atoms with Gasteiger partial charge in [-0.05, 0) is 36.2 Å². The zero-order chi connectivity index (χ0) is 19.8. The number of nitrogens with one attached hydrogen (secondary N) is 2. The first-order valence-electron chi connectivity index (χ1n) is 9.27. The topological polar surface area (TPSA) is 78.4 Å². The molecule has 0 bridgehead atoms. The van der Waals surface area contributed by atoms with Crippen molar-refractivity contribution in [2.45, 2.75) is 20.0 Å². The van der Waals surface area contributed by atoms with Gasteiger partial charge >= 0.3 is 0 Å². The first-order valence-corrected chi connectivity index (χ1v) is 9.27. The Morgan fingerprint density at radius 3 is 2.62 bits per heavy atom. The fourth-order valence-corrected chi connectivity index (χ4v) is 2.95. The number of guanidine groups is 1. The van der Waals surface area contributed by atoms with Crippen molar-refractivity contribution in [3.8, 4) is 17.1 Å². The van der Waals surface area contributed by atoms with E-state index in [9.17, 15) is 0 Å². The van der Waals surface area contributed by atoms with Crippen LogP contribution in [0.5, 0.6) is 5.75 Å². The molecule has 0 spiro atoms. The third kappa shape index (κ3) is 6.45. The summed E-state index contributed by atoms with van der Waals surface area (Å²) in [6.45, 7) is 4.08. The van der Waals surface area contributed by atoms with Crippen molar-refractivity contribution >= 4 is 29.9 Å². The number of aromatic amines is 1. The summed E-state index contributed by atoms with van der Waals surface area (Å²) in [5.74, 6) is 2.49. The highest BCUT2D eigenvalue weighted by atomic mass is 127. The number of nitrogens with zero attached hydrogens (tertiary/aromatic N) is 4. The molecule has 8 heteroatoms. The summed E-state index contributed by atoms with van der Waals surface area (Å²) in [6, 6.07) is 16.3. The molecule has 1 aromatic heterocycles. The van der Waals surface area contributed by atoms with Gasteiger partial charge in [0.1, 0.15) is 12.1 Å². The zero-order valence-electron chi connectivity index (χ0n) is 16.9. The van der Waals surface area contributed by atoms with Crippen LogP contribution in [-0.2, 0) is 13.1 Å². The lowest BCUT2D eigenvalue weighted by Gasteiger charge is -2.22. The van der Waals surface area contributed by atoms with E-state index in [0.717, 1.165) is 35.2 Å². The Balaban J connectivity index is 0.00000300. The molecule has 0 saturated heterocycles. The second-order valence-electron chi connectivity index (χ2n) is 6.37. The molecule has 7 nitrogen and oxygen atoms in total. The van der Waals surface area contributed by atoms with Gasteiger partial charge in [0, 0.05) is 32.7 Å². The van der Waals surface area contributed by atoms with Crippen molar-refractivity contribution < 1.29 is 4.74 Å². The van der Waals surface area contributed by atoms with Crippen LogP contribution >= 0.6 is 24.0 Å². The van der Waals surface area contributed by atoms with Crippen molar-refractivity contribution in [2.75, 3.05) is 20.7 Å². The molecule has 2 N–H and O–H groups in total. The van der Waals surface area contributed by atoms with Crippen molar-refractivity contribution in [3.05, 3.63) is 66.0 Å². The van der Waals surface area contributed by atoms with E-state index in [2.05, 4.69) is 54.7 Å². The molecule has 0 aliphatic rings. The highest BCUT2D eigenvalue weighted by molar-refractivity contribution is 14.0. The van der Waals surface area contributed by atoms with Gasteiger partial charge in [-0.2, -0.15) is 5.10 Å². The molecule has 0 fully saturated rings. The SMILES string of the molecule is CCOc1ccc(CN(C)C(=NC)NCc2cccc(-c3ncn[nH]3)c2)cc1.I. The number of halogens is 1. The lowest BCUT2D eigenvalue weighted by molar-refractivity contribution is 0.340. The normalized spacial score (nSPS) is 10.9. The third-order valence-electron chi connectivity index (χ3n) is 4.29. The number of H-pyrrole nitrogens is 1. The van der Waals surface area contributed by atoms with Gasteiger partial charge < -0.3 is 15.0 Å². The molecule has 3 rings (SSSR count). The number of ether oxygens (including phenoxy) is 1. The van der Waals surface area contributed by atoms with Crippen LogP contribution in [0.2, 0.25) is 0 Å². The van der Waals surface area contributed by atoms with Crippen LogP contribution in [-0.4, -0.2) is 46.7 Å². The Labute approximate surface area is 188 Å². The number of benzene rings is 2. The minimum absolute atomic E-state index is 0. The summed E-state index contributed by atoms with van der Waals surface area (Å²) in [6.07, 6.45) is 1.51. The van der Waals surface area contributed by atoms with E-state index < -0.39 is 0 Å². The number of hydrogen-bond acceptors (Lipinski definition) is 4. The Hall–Kier alpha value is -2.62. The largest absolute Gasteiger partial charge is 0.494 e. The van der Waals surface area contributed by atoms with E-state index in [-0.39, 0.29) is 24.0 Å². The van der Waals surface area contributed by atoms with Gasteiger partial charge in [0.15, 0.2) is 11.8 Å². The molecule has 0 aliphatic heterocycles. The predicted molar refractivity (Wildman–Crippen MR) is 127 cm³/mol. The molecular formula is C21H27IN6O. The van der Waals surface area contributed by atoms with Gasteiger partial charge in [-0.1, -0.05) is 30.3 Å². The van der Waals surface area contributed by atoms with E-state index in [1.165, 1.54) is 11.9 Å². The molecule has 0 amide bonds. The van der Waals surface area contributed by atoms with Crippen molar-refractivity contribution in [3.63, 3.8) is 0 Å². The monoisotopic (exact) mass is 506 g/mol.